The summed E-state index contributed by atoms with van der Waals surface area (Å²) < 4.78 is 0. The van der Waals surface area contributed by atoms with Gasteiger partial charge in [-0.25, -0.2) is 0 Å². The van der Waals surface area contributed by atoms with Gasteiger partial charge in [-0.1, -0.05) is 61.5 Å². The Morgan fingerprint density at radius 2 is 1.55 bits per heavy atom. The van der Waals surface area contributed by atoms with Crippen LogP contribution in [0.1, 0.15) is 38.2 Å². The van der Waals surface area contributed by atoms with Gasteiger partial charge in [-0.05, 0) is 29.5 Å². The van der Waals surface area contributed by atoms with Gasteiger partial charge in [0.25, 0.3) is 0 Å². The van der Waals surface area contributed by atoms with Crippen LogP contribution in [0.5, 0.6) is 0 Å². The van der Waals surface area contributed by atoms with E-state index in [2.05, 4.69) is 5.32 Å². The van der Waals surface area contributed by atoms with E-state index in [9.17, 15) is 19.2 Å². The van der Waals surface area contributed by atoms with Gasteiger partial charge < -0.3 is 16.2 Å². The number of aliphatic carboxylic acids is 1. The van der Waals surface area contributed by atoms with Crippen molar-refractivity contribution in [2.75, 3.05) is 0 Å². The lowest BCUT2D eigenvalue weighted by Gasteiger charge is -2.18. The summed E-state index contributed by atoms with van der Waals surface area (Å²) in [5, 5.41) is 11.5. The zero-order chi connectivity index (χ0) is 22.8. The second-order valence-corrected chi connectivity index (χ2v) is 7.59. The normalized spacial score (nSPS) is 12.5. The molecule has 7 nitrogen and oxygen atoms in total. The van der Waals surface area contributed by atoms with Crippen molar-refractivity contribution in [3.8, 4) is 11.1 Å². The molecule has 4 N–H and O–H groups in total. The van der Waals surface area contributed by atoms with E-state index in [1.54, 1.807) is 0 Å². The van der Waals surface area contributed by atoms with Crippen LogP contribution in [0.15, 0.2) is 54.6 Å². The zero-order valence-electron chi connectivity index (χ0n) is 17.5. The van der Waals surface area contributed by atoms with E-state index in [1.807, 2.05) is 54.6 Å². The molecule has 31 heavy (non-hydrogen) atoms. The minimum Gasteiger partial charge on any atom is -0.481 e. The number of aryl methyl sites for hydroxylation is 1. The number of carbonyl (C=O) groups excluding carboxylic acids is 3. The molecule has 0 unspecified atom stereocenters. The van der Waals surface area contributed by atoms with E-state index in [-0.39, 0.29) is 31.6 Å². The van der Waals surface area contributed by atoms with Crippen molar-refractivity contribution >= 4 is 23.6 Å². The van der Waals surface area contributed by atoms with Gasteiger partial charge in [0.15, 0.2) is 5.78 Å². The van der Waals surface area contributed by atoms with Crippen LogP contribution in [-0.2, 0) is 25.6 Å². The van der Waals surface area contributed by atoms with Crippen molar-refractivity contribution in [3.63, 3.8) is 0 Å². The number of primary amides is 1. The quantitative estimate of drug-likeness (QED) is 0.483. The molecule has 2 rings (SSSR count). The molecule has 0 spiro atoms. The van der Waals surface area contributed by atoms with Crippen LogP contribution in [0.25, 0.3) is 11.1 Å². The third kappa shape index (κ3) is 8.04. The van der Waals surface area contributed by atoms with Crippen molar-refractivity contribution in [1.29, 1.82) is 0 Å². The second kappa shape index (κ2) is 11.6. The first kappa shape index (κ1) is 23.8. The first-order valence-corrected chi connectivity index (χ1v) is 10.2. The van der Waals surface area contributed by atoms with Gasteiger partial charge in [0.05, 0.1) is 6.04 Å². The Balaban J connectivity index is 1.92. The number of benzene rings is 2. The highest BCUT2D eigenvalue weighted by molar-refractivity contribution is 5.92. The molecule has 0 fully saturated rings. The van der Waals surface area contributed by atoms with Gasteiger partial charge >= 0.3 is 5.97 Å². The molecule has 2 aromatic rings. The number of ketones is 1. The molecule has 2 amide bonds. The van der Waals surface area contributed by atoms with Gasteiger partial charge in [-0.2, -0.15) is 0 Å². The van der Waals surface area contributed by atoms with Crippen LogP contribution >= 0.6 is 0 Å². The molecule has 0 aromatic heterocycles. The van der Waals surface area contributed by atoms with E-state index in [4.69, 9.17) is 10.8 Å². The van der Waals surface area contributed by atoms with Gasteiger partial charge in [-0.15, -0.1) is 0 Å². The number of nitrogens with one attached hydrogen (secondary N) is 1. The second-order valence-electron chi connectivity index (χ2n) is 7.59. The predicted molar refractivity (Wildman–Crippen MR) is 117 cm³/mol. The molecule has 0 bridgehead atoms. The summed E-state index contributed by atoms with van der Waals surface area (Å²) in [7, 11) is 0. The van der Waals surface area contributed by atoms with E-state index < -0.39 is 29.6 Å². The van der Waals surface area contributed by atoms with Crippen LogP contribution in [0.4, 0.5) is 0 Å². The zero-order valence-corrected chi connectivity index (χ0v) is 17.5. The van der Waals surface area contributed by atoms with E-state index in [0.29, 0.717) is 6.42 Å². The number of hydrogen-bond acceptors (Lipinski definition) is 4. The highest BCUT2D eigenvalue weighted by Crippen LogP contribution is 2.19. The standard InChI is InChI=1S/C24H28N2O5/c1-16(24(25)31)15-21(27)20(12-14-23(29)30)26-22(28)13-9-17-7-10-19(11-8-17)18-5-3-2-4-6-18/h2-8,10-11,16,20H,9,12-15H2,1H3,(H2,25,31)(H,26,28)(H,29,30)/t16-,20+/m1/s1. The Bertz CT molecular complexity index is 909. The van der Waals surface area contributed by atoms with Gasteiger partial charge in [-0.3, -0.25) is 19.2 Å². The average Bonchev–Trinajstić information content (AvgIpc) is 2.75. The summed E-state index contributed by atoms with van der Waals surface area (Å²) in [5.74, 6) is -3.10. The van der Waals surface area contributed by atoms with Gasteiger partial charge in [0.2, 0.25) is 11.8 Å². The predicted octanol–water partition coefficient (Wildman–Crippen LogP) is 2.72. The fourth-order valence-corrected chi connectivity index (χ4v) is 3.14. The molecule has 2 aromatic carbocycles. The SMILES string of the molecule is C[C@H](CC(=O)[C@H](CCC(=O)O)NC(=O)CCc1ccc(-c2ccccc2)cc1)C(N)=O. The van der Waals surface area contributed by atoms with E-state index in [1.165, 1.54) is 6.92 Å². The maximum absolute atomic E-state index is 12.4. The number of carboxylic acids is 1. The lowest BCUT2D eigenvalue weighted by atomic mass is 9.96. The molecule has 2 atom stereocenters. The lowest BCUT2D eigenvalue weighted by Crippen LogP contribution is -2.42. The summed E-state index contributed by atoms with van der Waals surface area (Å²) >= 11 is 0. The summed E-state index contributed by atoms with van der Waals surface area (Å²) in [6, 6.07) is 16.9. The summed E-state index contributed by atoms with van der Waals surface area (Å²) in [5.41, 5.74) is 8.36. The summed E-state index contributed by atoms with van der Waals surface area (Å²) in [4.78, 5) is 46.9. The van der Waals surface area contributed by atoms with Gasteiger partial charge in [0.1, 0.15) is 0 Å². The molecule has 0 saturated heterocycles. The minimum atomic E-state index is -1.06. The summed E-state index contributed by atoms with van der Waals surface area (Å²) in [6.45, 7) is 1.52. The van der Waals surface area contributed by atoms with Crippen LogP contribution in [-0.4, -0.2) is 34.7 Å². The fraction of sp³-hybridized carbons (Fsp3) is 0.333. The van der Waals surface area contributed by atoms with Crippen molar-refractivity contribution in [2.45, 2.75) is 45.1 Å². The lowest BCUT2D eigenvalue weighted by molar-refractivity contribution is -0.138. The smallest absolute Gasteiger partial charge is 0.303 e. The Morgan fingerprint density at radius 3 is 2.13 bits per heavy atom. The van der Waals surface area contributed by atoms with Crippen molar-refractivity contribution in [3.05, 3.63) is 60.2 Å². The molecule has 7 heteroatoms. The molecular formula is C24H28N2O5. The highest BCUT2D eigenvalue weighted by atomic mass is 16.4. The number of Topliss-reactive ketones (excluding diaryl/α,β-unsaturated/α-hetero) is 1. The Kier molecular flexibility index (Phi) is 8.94. The van der Waals surface area contributed by atoms with Crippen LogP contribution in [0.2, 0.25) is 0 Å². The molecule has 0 aliphatic heterocycles. The highest BCUT2D eigenvalue weighted by Gasteiger charge is 2.24. The van der Waals surface area contributed by atoms with E-state index in [0.717, 1.165) is 16.7 Å². The topological polar surface area (TPSA) is 127 Å². The number of amides is 2. The van der Waals surface area contributed by atoms with E-state index >= 15 is 0 Å². The maximum Gasteiger partial charge on any atom is 0.303 e. The van der Waals surface area contributed by atoms with Crippen LogP contribution < -0.4 is 11.1 Å². The number of carboxylic acid groups (broad SMARTS) is 1. The molecule has 0 saturated carbocycles. The first-order valence-electron chi connectivity index (χ1n) is 10.2. The molecular weight excluding hydrogens is 396 g/mol. The van der Waals surface area contributed by atoms with Gasteiger partial charge in [0, 0.05) is 25.2 Å². The van der Waals surface area contributed by atoms with Crippen LogP contribution in [0.3, 0.4) is 0 Å². The number of hydrogen-bond donors (Lipinski definition) is 3. The molecule has 0 radical (unpaired) electrons. The summed E-state index contributed by atoms with van der Waals surface area (Å²) in [6.07, 6.45) is 0.214. The Morgan fingerprint density at radius 1 is 0.935 bits per heavy atom. The molecule has 0 aliphatic rings. The average molecular weight is 424 g/mol. The first-order chi connectivity index (χ1) is 14.8. The van der Waals surface area contributed by atoms with Crippen LogP contribution in [0, 0.1) is 5.92 Å². The maximum atomic E-state index is 12.4. The number of nitrogens with two attached hydrogens (primary N) is 1. The third-order valence-corrected chi connectivity index (χ3v) is 5.07. The number of rotatable bonds is 12. The van der Waals surface area contributed by atoms with Crippen molar-refractivity contribution in [1.82, 2.24) is 5.32 Å². The Labute approximate surface area is 181 Å². The molecule has 0 heterocycles. The monoisotopic (exact) mass is 424 g/mol. The Hall–Kier alpha value is -3.48. The number of carbonyl (C=O) groups is 4. The third-order valence-electron chi connectivity index (χ3n) is 5.07. The molecule has 0 aliphatic carbocycles. The largest absolute Gasteiger partial charge is 0.481 e. The van der Waals surface area contributed by atoms with Crippen molar-refractivity contribution < 1.29 is 24.3 Å². The fourth-order valence-electron chi connectivity index (χ4n) is 3.14. The van der Waals surface area contributed by atoms with Crippen molar-refractivity contribution in [2.24, 2.45) is 11.7 Å². The minimum absolute atomic E-state index is 0.0306. The molecule has 164 valence electrons.